The van der Waals surface area contributed by atoms with Crippen molar-refractivity contribution < 1.29 is 23.6 Å². The number of carbonyl (C=O) groups is 2. The Kier molecular flexibility index (Phi) is 10.8. The van der Waals surface area contributed by atoms with Gasteiger partial charge in [-0.2, -0.15) is 0 Å². The van der Waals surface area contributed by atoms with E-state index in [9.17, 15) is 14.4 Å². The highest BCUT2D eigenvalue weighted by Gasteiger charge is 2.15. The van der Waals surface area contributed by atoms with Crippen molar-refractivity contribution in [1.82, 2.24) is 20.0 Å². The van der Waals surface area contributed by atoms with Gasteiger partial charge in [0.25, 0.3) is 5.56 Å². The lowest BCUT2D eigenvalue weighted by molar-refractivity contribution is -0.121. The second kappa shape index (κ2) is 14.7. The first-order valence-corrected chi connectivity index (χ1v) is 15.1. The van der Waals surface area contributed by atoms with Crippen molar-refractivity contribution in [3.05, 3.63) is 57.4 Å². The maximum absolute atomic E-state index is 13.2. The predicted molar refractivity (Wildman–Crippen MR) is 159 cm³/mol. The summed E-state index contributed by atoms with van der Waals surface area (Å²) in [7, 11) is 3.19. The Labute approximate surface area is 245 Å². The van der Waals surface area contributed by atoms with E-state index >= 15 is 0 Å². The molecule has 218 valence electrons. The third-order valence-electron chi connectivity index (χ3n) is 6.23. The van der Waals surface area contributed by atoms with E-state index in [4.69, 9.17) is 14.0 Å². The number of anilines is 1. The number of thiophene rings is 1. The minimum atomic E-state index is -0.272. The fourth-order valence-electron chi connectivity index (χ4n) is 4.17. The summed E-state index contributed by atoms with van der Waals surface area (Å²) in [5.41, 5.74) is 1.55. The number of ether oxygens (including phenoxy) is 2. The summed E-state index contributed by atoms with van der Waals surface area (Å²) in [5, 5.41) is 11.7. The zero-order chi connectivity index (χ0) is 29.2. The molecule has 0 saturated heterocycles. The number of amides is 2. The van der Waals surface area contributed by atoms with E-state index in [0.717, 1.165) is 12.0 Å². The standard InChI is InChI=1S/C28H33N5O6S2/c1-18-15-23(32-39-18)31-25(35)17-41-28-30-20-11-14-40-26(20)27(36)33(28)13-6-4-5-7-24(34)29-12-10-19-8-9-21(37-2)22(16-19)38-3/h8-9,11,14-16H,4-7,10,12-13,17H2,1-3H3,(H,29,34)(H,31,32,35). The highest BCUT2D eigenvalue weighted by molar-refractivity contribution is 7.99. The summed E-state index contributed by atoms with van der Waals surface area (Å²) in [6.07, 6.45) is 3.27. The summed E-state index contributed by atoms with van der Waals surface area (Å²) < 4.78 is 17.8. The number of hydrogen-bond donors (Lipinski definition) is 2. The molecule has 41 heavy (non-hydrogen) atoms. The van der Waals surface area contributed by atoms with E-state index in [1.54, 1.807) is 37.8 Å². The molecule has 0 aliphatic rings. The Balaban J connectivity index is 1.23. The number of thioether (sulfide) groups is 1. The predicted octanol–water partition coefficient (Wildman–Crippen LogP) is 4.42. The molecule has 3 heterocycles. The van der Waals surface area contributed by atoms with Crippen molar-refractivity contribution in [2.45, 2.75) is 50.7 Å². The van der Waals surface area contributed by atoms with Crippen LogP contribution in [0.3, 0.4) is 0 Å². The summed E-state index contributed by atoms with van der Waals surface area (Å²) in [6.45, 7) is 2.72. The molecule has 0 fully saturated rings. The number of unbranched alkanes of at least 4 members (excludes halogenated alkanes) is 2. The monoisotopic (exact) mass is 599 g/mol. The van der Waals surface area contributed by atoms with Gasteiger partial charge in [-0.3, -0.25) is 19.0 Å². The molecule has 2 N–H and O–H groups in total. The summed E-state index contributed by atoms with van der Waals surface area (Å²) >= 11 is 2.55. The zero-order valence-electron chi connectivity index (χ0n) is 23.2. The average Bonchev–Trinajstić information content (AvgIpc) is 3.61. The number of nitrogens with one attached hydrogen (secondary N) is 2. The van der Waals surface area contributed by atoms with Gasteiger partial charge < -0.3 is 24.6 Å². The van der Waals surface area contributed by atoms with Crippen LogP contribution in [0.4, 0.5) is 5.82 Å². The highest BCUT2D eigenvalue weighted by Crippen LogP contribution is 2.27. The number of aryl methyl sites for hydroxylation is 1. The van der Waals surface area contributed by atoms with Crippen LogP contribution in [0.5, 0.6) is 11.5 Å². The van der Waals surface area contributed by atoms with E-state index in [2.05, 4.69) is 20.8 Å². The van der Waals surface area contributed by atoms with Crippen LogP contribution in [0.25, 0.3) is 10.2 Å². The summed E-state index contributed by atoms with van der Waals surface area (Å²) in [4.78, 5) is 42.5. The van der Waals surface area contributed by atoms with Gasteiger partial charge >= 0.3 is 0 Å². The maximum atomic E-state index is 13.2. The van der Waals surface area contributed by atoms with Gasteiger partial charge in [-0.25, -0.2) is 4.98 Å². The quantitative estimate of drug-likeness (QED) is 0.116. The number of aromatic nitrogens is 3. The van der Waals surface area contributed by atoms with E-state index in [0.29, 0.717) is 77.2 Å². The molecule has 0 bridgehead atoms. The Morgan fingerprint density at radius 2 is 1.90 bits per heavy atom. The fraction of sp³-hybridized carbons (Fsp3) is 0.393. The normalized spacial score (nSPS) is 11.0. The number of benzene rings is 1. The third-order valence-corrected chi connectivity index (χ3v) is 8.10. The minimum absolute atomic E-state index is 0.00567. The van der Waals surface area contributed by atoms with Gasteiger partial charge in [-0.1, -0.05) is 29.4 Å². The molecule has 13 heteroatoms. The van der Waals surface area contributed by atoms with Crippen molar-refractivity contribution in [1.29, 1.82) is 0 Å². The molecule has 2 amide bonds. The molecule has 0 radical (unpaired) electrons. The molecular formula is C28H33N5O6S2. The van der Waals surface area contributed by atoms with Crippen LogP contribution in [-0.2, 0) is 22.6 Å². The molecule has 0 saturated carbocycles. The first-order valence-electron chi connectivity index (χ1n) is 13.2. The largest absolute Gasteiger partial charge is 0.493 e. The van der Waals surface area contributed by atoms with Crippen LogP contribution in [0, 0.1) is 6.92 Å². The Morgan fingerprint density at radius 1 is 1.07 bits per heavy atom. The average molecular weight is 600 g/mol. The zero-order valence-corrected chi connectivity index (χ0v) is 24.9. The number of nitrogens with zero attached hydrogens (tertiary/aromatic N) is 3. The summed E-state index contributed by atoms with van der Waals surface area (Å²) in [6, 6.07) is 9.15. The molecule has 4 rings (SSSR count). The lowest BCUT2D eigenvalue weighted by atomic mass is 10.1. The second-order valence-electron chi connectivity index (χ2n) is 9.25. The van der Waals surface area contributed by atoms with E-state index in [-0.39, 0.29) is 23.1 Å². The van der Waals surface area contributed by atoms with Gasteiger partial charge in [-0.15, -0.1) is 11.3 Å². The van der Waals surface area contributed by atoms with Crippen molar-refractivity contribution in [2.24, 2.45) is 0 Å². The van der Waals surface area contributed by atoms with Crippen molar-refractivity contribution in [3.8, 4) is 11.5 Å². The van der Waals surface area contributed by atoms with Gasteiger partial charge in [0.15, 0.2) is 22.5 Å². The van der Waals surface area contributed by atoms with E-state index in [1.165, 1.54) is 23.1 Å². The molecule has 0 aliphatic heterocycles. The molecule has 0 spiro atoms. The highest BCUT2D eigenvalue weighted by atomic mass is 32.2. The molecule has 0 unspecified atom stereocenters. The Morgan fingerprint density at radius 3 is 2.66 bits per heavy atom. The van der Waals surface area contributed by atoms with E-state index < -0.39 is 0 Å². The van der Waals surface area contributed by atoms with E-state index in [1.807, 2.05) is 23.6 Å². The van der Waals surface area contributed by atoms with Crippen LogP contribution >= 0.6 is 23.1 Å². The van der Waals surface area contributed by atoms with Crippen LogP contribution in [0.2, 0.25) is 0 Å². The molecule has 3 aromatic heterocycles. The smallest absolute Gasteiger partial charge is 0.272 e. The molecule has 1 aromatic carbocycles. The fourth-order valence-corrected chi connectivity index (χ4v) is 5.77. The Bertz CT molecular complexity index is 1550. The van der Waals surface area contributed by atoms with Crippen molar-refractivity contribution >= 4 is 50.9 Å². The lowest BCUT2D eigenvalue weighted by Gasteiger charge is -2.12. The summed E-state index contributed by atoms with van der Waals surface area (Å²) in [5.74, 6) is 2.06. The van der Waals surface area contributed by atoms with Gasteiger partial charge in [0, 0.05) is 25.6 Å². The number of hydrogen-bond acceptors (Lipinski definition) is 10. The molecular weight excluding hydrogens is 566 g/mol. The number of fused-ring (bicyclic) bond motifs is 1. The van der Waals surface area contributed by atoms with Gasteiger partial charge in [0.05, 0.1) is 25.5 Å². The SMILES string of the molecule is COc1ccc(CCNC(=O)CCCCCn2c(SCC(=O)Nc3cc(C)on3)nc3ccsc3c2=O)cc1OC. The number of rotatable bonds is 15. The van der Waals surface area contributed by atoms with Gasteiger partial charge in [-0.05, 0) is 55.3 Å². The topological polar surface area (TPSA) is 138 Å². The number of methoxy groups -OCH3 is 2. The molecule has 0 atom stereocenters. The van der Waals surface area contributed by atoms with Crippen LogP contribution in [-0.4, -0.2) is 53.0 Å². The van der Waals surface area contributed by atoms with Crippen molar-refractivity contribution in [3.63, 3.8) is 0 Å². The number of carbonyl (C=O) groups excluding carboxylic acids is 2. The lowest BCUT2D eigenvalue weighted by Crippen LogP contribution is -2.25. The minimum Gasteiger partial charge on any atom is -0.493 e. The van der Waals surface area contributed by atoms with Gasteiger partial charge in [0.1, 0.15) is 10.5 Å². The van der Waals surface area contributed by atoms with Gasteiger partial charge in [0.2, 0.25) is 11.8 Å². The van der Waals surface area contributed by atoms with Crippen LogP contribution in [0.1, 0.15) is 37.0 Å². The Hall–Kier alpha value is -3.84. The first-order chi connectivity index (χ1) is 19.9. The molecule has 11 nitrogen and oxygen atoms in total. The first kappa shape index (κ1) is 30.1. The molecule has 0 aliphatic carbocycles. The maximum Gasteiger partial charge on any atom is 0.272 e. The van der Waals surface area contributed by atoms with Crippen LogP contribution < -0.4 is 25.7 Å². The van der Waals surface area contributed by atoms with Crippen molar-refractivity contribution in [2.75, 3.05) is 31.8 Å². The second-order valence-corrected chi connectivity index (χ2v) is 11.1. The molecule has 4 aromatic rings. The third kappa shape index (κ3) is 8.33. The van der Waals surface area contributed by atoms with Crippen LogP contribution in [0.15, 0.2) is 50.2 Å².